The number of carbonyl (C=O) groups is 3. The highest BCUT2D eigenvalue weighted by Crippen LogP contribution is 2.42. The average Bonchev–Trinajstić information content (AvgIpc) is 3.36. The number of nitrogens with one attached hydrogen (secondary N) is 2. The van der Waals surface area contributed by atoms with Crippen LogP contribution in [-0.2, 0) is 14.3 Å². The number of benzene rings is 1. The Morgan fingerprint density at radius 2 is 1.73 bits per heavy atom. The fourth-order valence-corrected chi connectivity index (χ4v) is 5.37. The fourth-order valence-electron chi connectivity index (χ4n) is 5.18. The number of ether oxygens (including phenoxy) is 3. The van der Waals surface area contributed by atoms with Crippen LogP contribution < -0.4 is 20.1 Å². The van der Waals surface area contributed by atoms with Crippen LogP contribution in [0.2, 0.25) is 0 Å². The Bertz CT molecular complexity index is 1100. The molecule has 2 saturated carbocycles. The first-order valence-electron chi connectivity index (χ1n) is 13.4. The topological polar surface area (TPSA) is 103 Å². The minimum Gasteiger partial charge on any atom is -0.496 e. The lowest BCUT2D eigenvalue weighted by Crippen LogP contribution is -2.48. The summed E-state index contributed by atoms with van der Waals surface area (Å²) in [6.45, 7) is 4.37. The lowest BCUT2D eigenvalue weighted by Gasteiger charge is -2.35. The standard InChI is InChI=1S/C28H38F3IN2O6/c1-26(2,28(30,31)32)15-33-23(35)17-7-6-8-20(17)34-24(36)18-13-22(19(29)14-21(18)38-4)40-16-9-11-27(3,12-10-16)25(37)39-5/h13-14,16-17,20H,6-12,15H2,1-5H3,(H,33,35)(H,34,36)/t16-,17-,20+,27+/m0/s1. The van der Waals surface area contributed by atoms with E-state index in [1.165, 1.54) is 34.1 Å². The predicted molar refractivity (Wildman–Crippen MR) is 150 cm³/mol. The lowest BCUT2D eigenvalue weighted by molar-refractivity contribution is -0.154. The first-order chi connectivity index (χ1) is 18.6. The maximum absolute atomic E-state index is 14.9. The first-order valence-corrected chi connectivity index (χ1v) is 14.5. The summed E-state index contributed by atoms with van der Waals surface area (Å²) in [6.07, 6.45) is 3.42. The summed E-state index contributed by atoms with van der Waals surface area (Å²) in [6, 6.07) is 1.84. The summed E-state index contributed by atoms with van der Waals surface area (Å²) in [5, 5.41) is 5.47. The molecule has 0 aromatic heterocycles. The van der Waals surface area contributed by atoms with Crippen molar-refractivity contribution in [2.75, 3.05) is 20.8 Å². The second kappa shape index (κ2) is 12.7. The number of alkyl halides is 3. The zero-order chi connectivity index (χ0) is 29.9. The molecule has 0 bridgehead atoms. The molecule has 2 amide bonds. The van der Waals surface area contributed by atoms with Crippen molar-refractivity contribution in [2.24, 2.45) is 16.7 Å². The third-order valence-electron chi connectivity index (χ3n) is 8.15. The van der Waals surface area contributed by atoms with E-state index in [0.717, 1.165) is 28.7 Å². The van der Waals surface area contributed by atoms with Gasteiger partial charge >= 0.3 is 9.90 Å². The molecule has 2 aliphatic carbocycles. The quantitative estimate of drug-likeness (QED) is 0.195. The average molecular weight is 683 g/mol. The summed E-state index contributed by atoms with van der Waals surface area (Å²) in [5.74, 6) is -2.63. The normalized spacial score (nSPS) is 25.2. The Labute approximate surface area is 246 Å². The fraction of sp³-hybridized carbons (Fsp3) is 0.679. The van der Waals surface area contributed by atoms with Gasteiger partial charge in [-0.25, -0.2) is 4.39 Å². The van der Waals surface area contributed by atoms with E-state index in [4.69, 9.17) is 14.2 Å². The molecular weight excluding hydrogens is 644 g/mol. The van der Waals surface area contributed by atoms with Gasteiger partial charge in [-0.2, -0.15) is 8.78 Å². The Kier molecular flexibility index (Phi) is 10.3. The lowest BCUT2D eigenvalue weighted by atomic mass is 9.75. The van der Waals surface area contributed by atoms with Gasteiger partial charge in [0.2, 0.25) is 5.91 Å². The third kappa shape index (κ3) is 7.33. The van der Waals surface area contributed by atoms with Gasteiger partial charge in [0.15, 0.2) is 11.6 Å². The molecule has 8 nitrogen and oxygen atoms in total. The molecule has 0 aliphatic heterocycles. The molecule has 2 atom stereocenters. The molecule has 0 spiro atoms. The molecule has 2 fully saturated rings. The minimum atomic E-state index is -3.01. The van der Waals surface area contributed by atoms with Crippen molar-refractivity contribution in [2.45, 2.75) is 81.8 Å². The van der Waals surface area contributed by atoms with Gasteiger partial charge in [-0.1, -0.05) is 20.3 Å². The van der Waals surface area contributed by atoms with Gasteiger partial charge in [-0.15, -0.1) is 0 Å². The van der Waals surface area contributed by atoms with Crippen LogP contribution in [0.1, 0.15) is 76.1 Å². The van der Waals surface area contributed by atoms with Gasteiger partial charge < -0.3 is 24.8 Å². The van der Waals surface area contributed by atoms with E-state index in [1.807, 2.05) is 6.92 Å². The molecule has 40 heavy (non-hydrogen) atoms. The van der Waals surface area contributed by atoms with Crippen LogP contribution in [0.3, 0.4) is 0 Å². The molecule has 2 N–H and O–H groups in total. The van der Waals surface area contributed by atoms with Crippen molar-refractivity contribution in [3.8, 4) is 11.5 Å². The first kappa shape index (κ1) is 32.3. The molecule has 224 valence electrons. The highest BCUT2D eigenvalue weighted by Gasteiger charge is 2.45. The van der Waals surface area contributed by atoms with E-state index in [2.05, 4.69) is 10.6 Å². The van der Waals surface area contributed by atoms with Crippen LogP contribution in [-0.4, -0.2) is 54.6 Å². The zero-order valence-electron chi connectivity index (χ0n) is 23.5. The van der Waals surface area contributed by atoms with Crippen LogP contribution in [0, 0.1) is 22.6 Å². The van der Waals surface area contributed by atoms with Gasteiger partial charge in [0.25, 0.3) is 5.91 Å². The summed E-state index contributed by atoms with van der Waals surface area (Å²) in [5.41, 5.74) is -2.02. The van der Waals surface area contributed by atoms with E-state index < -0.39 is 44.4 Å². The molecule has 1 aromatic rings. The molecule has 3 rings (SSSR count). The van der Waals surface area contributed by atoms with E-state index >= 15 is 0 Å². The van der Waals surface area contributed by atoms with Gasteiger partial charge in [0, 0.05) is 18.7 Å². The van der Waals surface area contributed by atoms with Crippen molar-refractivity contribution in [1.82, 2.24) is 10.6 Å². The molecule has 0 unspecified atom stereocenters. The summed E-state index contributed by atoms with van der Waals surface area (Å²) in [4.78, 5) is 38.2. The van der Waals surface area contributed by atoms with E-state index in [1.54, 1.807) is 0 Å². The maximum Gasteiger partial charge on any atom is 0.311 e. The Morgan fingerprint density at radius 1 is 1.07 bits per heavy atom. The molecular formula is C28H38F3IN2O6. The van der Waals surface area contributed by atoms with Gasteiger partial charge in [0.05, 0.1) is 42.6 Å². The van der Waals surface area contributed by atoms with Crippen molar-refractivity contribution < 1.29 is 41.8 Å². The Hall–Kier alpha value is -2.25. The van der Waals surface area contributed by atoms with E-state index in [0.29, 0.717) is 44.9 Å². The number of rotatable bonds is 10. The number of halogens is 4. The number of carbonyl (C=O) groups excluding carboxylic acids is 3. The molecule has 0 heterocycles. The van der Waals surface area contributed by atoms with Crippen LogP contribution in [0.25, 0.3) is 0 Å². The Morgan fingerprint density at radius 3 is 2.30 bits per heavy atom. The molecule has 0 radical (unpaired) electrons. The minimum absolute atomic E-state index is 0.00860. The number of methoxy groups -OCH3 is 2. The summed E-state index contributed by atoms with van der Waals surface area (Å²) >= 11 is 1.07. The highest BCUT2D eigenvalue weighted by molar-refractivity contribution is 14.1. The second-order valence-corrected chi connectivity index (χ2v) is 12.9. The van der Waals surface area contributed by atoms with Gasteiger partial charge in [0.1, 0.15) is 5.75 Å². The van der Waals surface area contributed by atoms with Crippen molar-refractivity contribution in [1.29, 1.82) is 0 Å². The van der Waals surface area contributed by atoms with Crippen LogP contribution in [0.15, 0.2) is 12.1 Å². The maximum atomic E-state index is 14.9. The monoisotopic (exact) mass is 682 g/mol. The van der Waals surface area contributed by atoms with Crippen molar-refractivity contribution in [3.05, 3.63) is 23.5 Å². The largest absolute Gasteiger partial charge is 0.496 e. The smallest absolute Gasteiger partial charge is 0.311 e. The molecule has 12 heteroatoms. The van der Waals surface area contributed by atoms with Crippen LogP contribution >= 0.6 is 22.6 Å². The third-order valence-corrected chi connectivity index (χ3v) is 9.61. The number of amides is 2. The predicted octanol–water partition coefficient (Wildman–Crippen LogP) is 5.40. The second-order valence-electron chi connectivity index (χ2n) is 11.6. The summed E-state index contributed by atoms with van der Waals surface area (Å²) in [7, 11) is 2.67. The van der Waals surface area contributed by atoms with Crippen LogP contribution in [0.4, 0.5) is 13.2 Å². The van der Waals surface area contributed by atoms with Gasteiger partial charge in [-0.05, 0) is 74.1 Å². The Balaban J connectivity index is 1.69. The molecule has 1 aromatic carbocycles. The van der Waals surface area contributed by atoms with Gasteiger partial charge in [-0.3, -0.25) is 14.4 Å². The number of esters is 1. The van der Waals surface area contributed by atoms with E-state index in [-0.39, 0.29) is 35.7 Å². The van der Waals surface area contributed by atoms with E-state index in [9.17, 15) is 27.6 Å². The number of hydrogen-bond acceptors (Lipinski definition) is 6. The summed E-state index contributed by atoms with van der Waals surface area (Å²) < 4.78 is 55.6. The van der Waals surface area contributed by atoms with Crippen LogP contribution in [0.5, 0.6) is 11.5 Å². The molecule has 0 saturated heterocycles. The van der Waals surface area contributed by atoms with Crippen molar-refractivity contribution in [3.63, 3.8) is 0 Å². The highest BCUT2D eigenvalue weighted by atomic mass is 127. The zero-order valence-corrected chi connectivity index (χ0v) is 25.7. The number of hydrogen-bond donors (Lipinski definition) is 2. The SMILES string of the molecule is COc1cc(F)c(O[C@H]2CC[C@@](C)(C(=O)OC)CC2)cc1C(=O)N[C@@H]1CCC[C@@H]1C(=O)NCC(C)(C)C(F)(F)I. The molecule has 2 aliphatic rings. The van der Waals surface area contributed by atoms with Crippen molar-refractivity contribution >= 4 is 40.4 Å².